The molecule has 4 heteroatoms. The summed E-state index contributed by atoms with van der Waals surface area (Å²) in [6.07, 6.45) is 1.86. The highest BCUT2D eigenvalue weighted by Crippen LogP contribution is 2.49. The van der Waals surface area contributed by atoms with E-state index in [2.05, 4.69) is 46.3 Å². The summed E-state index contributed by atoms with van der Waals surface area (Å²) in [5.41, 5.74) is 3.63. The van der Waals surface area contributed by atoms with Gasteiger partial charge in [0.1, 0.15) is 11.5 Å². The summed E-state index contributed by atoms with van der Waals surface area (Å²) in [7, 11) is 0. The van der Waals surface area contributed by atoms with E-state index in [0.717, 1.165) is 36.8 Å². The second kappa shape index (κ2) is 6.42. The Balaban J connectivity index is 1.54. The highest BCUT2D eigenvalue weighted by atomic mass is 35.5. The van der Waals surface area contributed by atoms with Crippen molar-refractivity contribution in [1.29, 1.82) is 0 Å². The number of halogens is 1. The Morgan fingerprint density at radius 2 is 1.81 bits per heavy atom. The molecule has 2 aromatic carbocycles. The second-order valence-electron chi connectivity index (χ2n) is 7.06. The van der Waals surface area contributed by atoms with Crippen molar-refractivity contribution in [3.05, 3.63) is 88.7 Å². The number of fused-ring (bicyclic) bond motifs is 5. The van der Waals surface area contributed by atoms with Gasteiger partial charge in [0.25, 0.3) is 0 Å². The van der Waals surface area contributed by atoms with Gasteiger partial charge in [0, 0.05) is 42.7 Å². The lowest BCUT2D eigenvalue weighted by Gasteiger charge is -2.17. The van der Waals surface area contributed by atoms with E-state index in [0.29, 0.717) is 16.9 Å². The van der Waals surface area contributed by atoms with Crippen LogP contribution in [0.3, 0.4) is 0 Å². The van der Waals surface area contributed by atoms with Crippen molar-refractivity contribution in [1.82, 2.24) is 9.88 Å². The smallest absolute Gasteiger partial charge is 0.149 e. The number of pyridine rings is 1. The maximum Gasteiger partial charge on any atom is 0.149 e. The van der Waals surface area contributed by atoms with E-state index < -0.39 is 0 Å². The Bertz CT molecular complexity index is 944. The van der Waals surface area contributed by atoms with E-state index in [9.17, 15) is 0 Å². The van der Waals surface area contributed by atoms with Gasteiger partial charge in [-0.25, -0.2) is 0 Å². The van der Waals surface area contributed by atoms with Gasteiger partial charge in [-0.2, -0.15) is 0 Å². The first kappa shape index (κ1) is 15.9. The molecule has 0 bridgehead atoms. The maximum atomic E-state index is 6.23. The highest BCUT2D eigenvalue weighted by molar-refractivity contribution is 6.30. The number of hydrogen-bond acceptors (Lipinski definition) is 3. The quantitative estimate of drug-likeness (QED) is 0.624. The third-order valence-corrected chi connectivity index (χ3v) is 5.63. The first-order valence-corrected chi connectivity index (χ1v) is 9.34. The van der Waals surface area contributed by atoms with Crippen molar-refractivity contribution < 1.29 is 4.74 Å². The van der Waals surface area contributed by atoms with Crippen LogP contribution in [0.1, 0.15) is 28.7 Å². The van der Waals surface area contributed by atoms with Crippen LogP contribution < -0.4 is 4.74 Å². The van der Waals surface area contributed by atoms with E-state index in [4.69, 9.17) is 16.3 Å². The van der Waals surface area contributed by atoms with Gasteiger partial charge in [-0.3, -0.25) is 9.88 Å². The molecule has 0 saturated carbocycles. The number of likely N-dealkylation sites (tertiary alicyclic amines) is 1. The maximum absolute atomic E-state index is 6.23. The van der Waals surface area contributed by atoms with Gasteiger partial charge in [0.15, 0.2) is 0 Å². The monoisotopic (exact) mass is 362 g/mol. The minimum atomic E-state index is 0.331. The molecule has 2 aliphatic heterocycles. The summed E-state index contributed by atoms with van der Waals surface area (Å²) in [4.78, 5) is 7.20. The lowest BCUT2D eigenvalue weighted by molar-refractivity contribution is 0.321. The van der Waals surface area contributed by atoms with Crippen molar-refractivity contribution >= 4 is 11.6 Å². The van der Waals surface area contributed by atoms with Gasteiger partial charge in [0.2, 0.25) is 0 Å². The molecule has 3 heterocycles. The molecular formula is C22H19ClN2O. The normalized spacial score (nSPS) is 21.3. The summed E-state index contributed by atoms with van der Waals surface area (Å²) < 4.78 is 6.21. The molecule has 2 aliphatic rings. The van der Waals surface area contributed by atoms with Crippen LogP contribution in [0.4, 0.5) is 0 Å². The summed E-state index contributed by atoms with van der Waals surface area (Å²) in [6, 6.07) is 20.6. The van der Waals surface area contributed by atoms with Crippen LogP contribution in [0.15, 0.2) is 66.9 Å². The van der Waals surface area contributed by atoms with Crippen LogP contribution in [0, 0.1) is 0 Å². The van der Waals surface area contributed by atoms with Crippen LogP contribution >= 0.6 is 11.6 Å². The van der Waals surface area contributed by atoms with Crippen LogP contribution in [0.5, 0.6) is 11.5 Å². The van der Waals surface area contributed by atoms with Crippen LogP contribution in [0.25, 0.3) is 0 Å². The van der Waals surface area contributed by atoms with Crippen molar-refractivity contribution in [3.63, 3.8) is 0 Å². The van der Waals surface area contributed by atoms with Crippen LogP contribution in [-0.2, 0) is 6.54 Å². The Morgan fingerprint density at radius 3 is 2.69 bits per heavy atom. The highest BCUT2D eigenvalue weighted by Gasteiger charge is 2.40. The Morgan fingerprint density at radius 1 is 0.962 bits per heavy atom. The van der Waals surface area contributed by atoms with Crippen molar-refractivity contribution in [2.24, 2.45) is 0 Å². The number of rotatable bonds is 2. The number of ether oxygens (including phenoxy) is 1. The fourth-order valence-electron chi connectivity index (χ4n) is 4.24. The molecule has 1 fully saturated rings. The lowest BCUT2D eigenvalue weighted by atomic mass is 9.86. The molecule has 1 saturated heterocycles. The molecule has 0 amide bonds. The molecule has 0 spiro atoms. The zero-order chi connectivity index (χ0) is 17.5. The van der Waals surface area contributed by atoms with Crippen molar-refractivity contribution in [2.75, 3.05) is 13.1 Å². The van der Waals surface area contributed by atoms with Gasteiger partial charge in [-0.1, -0.05) is 48.0 Å². The Hall–Kier alpha value is -2.36. The molecule has 2 atom stereocenters. The second-order valence-corrected chi connectivity index (χ2v) is 7.50. The topological polar surface area (TPSA) is 25.4 Å². The van der Waals surface area contributed by atoms with Gasteiger partial charge in [-0.05, 0) is 35.4 Å². The summed E-state index contributed by atoms with van der Waals surface area (Å²) in [5.74, 6) is 2.41. The van der Waals surface area contributed by atoms with Gasteiger partial charge < -0.3 is 4.74 Å². The average Bonchev–Trinajstić information content (AvgIpc) is 3.01. The first-order chi connectivity index (χ1) is 12.8. The van der Waals surface area contributed by atoms with Gasteiger partial charge in [-0.15, -0.1) is 0 Å². The Kier molecular flexibility index (Phi) is 3.92. The van der Waals surface area contributed by atoms with E-state index in [1.165, 1.54) is 11.1 Å². The molecular weight excluding hydrogens is 344 g/mol. The van der Waals surface area contributed by atoms with Crippen LogP contribution in [-0.4, -0.2) is 23.0 Å². The van der Waals surface area contributed by atoms with E-state index in [1.54, 1.807) is 0 Å². The Labute approximate surface area is 158 Å². The molecule has 0 unspecified atom stereocenters. The molecule has 5 rings (SSSR count). The number of aromatic nitrogens is 1. The average molecular weight is 363 g/mol. The fraction of sp³-hybridized carbons (Fsp3) is 0.227. The standard InChI is InChI=1S/C22H19ClN2O/c23-16-8-9-17-18-13-25(12-15-5-2-1-3-6-15)14-19(18)22-20(7-4-10-24-22)26-21(17)11-16/h1-11,18-19H,12-14H2/t18-,19-/m0/s1. The molecule has 3 nitrogen and oxygen atoms in total. The molecule has 0 N–H and O–H groups in total. The number of benzene rings is 2. The summed E-state index contributed by atoms with van der Waals surface area (Å²) in [5, 5.41) is 0.701. The zero-order valence-electron chi connectivity index (χ0n) is 14.3. The molecule has 1 aromatic heterocycles. The fourth-order valence-corrected chi connectivity index (χ4v) is 4.40. The number of hydrogen-bond donors (Lipinski definition) is 0. The van der Waals surface area contributed by atoms with Crippen molar-refractivity contribution in [2.45, 2.75) is 18.4 Å². The van der Waals surface area contributed by atoms with Gasteiger partial charge >= 0.3 is 0 Å². The third kappa shape index (κ3) is 2.77. The molecule has 26 heavy (non-hydrogen) atoms. The zero-order valence-corrected chi connectivity index (χ0v) is 15.1. The predicted molar refractivity (Wildman–Crippen MR) is 103 cm³/mol. The minimum Gasteiger partial charge on any atom is -0.455 e. The molecule has 0 aliphatic carbocycles. The van der Waals surface area contributed by atoms with E-state index in [-0.39, 0.29) is 0 Å². The van der Waals surface area contributed by atoms with Gasteiger partial charge in [0.05, 0.1) is 5.69 Å². The first-order valence-electron chi connectivity index (χ1n) is 8.96. The number of nitrogens with zero attached hydrogens (tertiary/aromatic N) is 2. The van der Waals surface area contributed by atoms with Crippen LogP contribution in [0.2, 0.25) is 5.02 Å². The van der Waals surface area contributed by atoms with E-state index in [1.807, 2.05) is 30.5 Å². The van der Waals surface area contributed by atoms with E-state index >= 15 is 0 Å². The molecule has 0 radical (unpaired) electrons. The minimum absolute atomic E-state index is 0.331. The van der Waals surface area contributed by atoms with Crippen molar-refractivity contribution in [3.8, 4) is 11.5 Å². The SMILES string of the molecule is Clc1ccc2c(c1)Oc1cccnc1[C@H]1CN(Cc3ccccc3)C[C@@H]21. The summed E-state index contributed by atoms with van der Waals surface area (Å²) >= 11 is 6.23. The summed E-state index contributed by atoms with van der Waals surface area (Å²) in [6.45, 7) is 2.93. The third-order valence-electron chi connectivity index (χ3n) is 5.39. The lowest BCUT2D eigenvalue weighted by Crippen LogP contribution is -2.20. The molecule has 3 aromatic rings. The molecule has 130 valence electrons. The largest absolute Gasteiger partial charge is 0.455 e. The predicted octanol–water partition coefficient (Wildman–Crippen LogP) is 5.22.